The lowest BCUT2D eigenvalue weighted by molar-refractivity contribution is -0.127. The van der Waals surface area contributed by atoms with Gasteiger partial charge in [0.1, 0.15) is 0 Å². The molecule has 3 aromatic rings. The normalized spacial score (nSPS) is 18.0. The van der Waals surface area contributed by atoms with Crippen molar-refractivity contribution in [2.75, 3.05) is 12.4 Å². The van der Waals surface area contributed by atoms with Crippen molar-refractivity contribution in [1.82, 2.24) is 19.9 Å². The van der Waals surface area contributed by atoms with E-state index < -0.39 is 0 Å². The molecule has 1 aliphatic rings. The maximum absolute atomic E-state index is 12.1. The Bertz CT molecular complexity index is 1110. The minimum Gasteiger partial charge on any atom is -0.359 e. The number of anilines is 1. The number of pyridine rings is 1. The fourth-order valence-corrected chi connectivity index (χ4v) is 3.62. The van der Waals surface area contributed by atoms with Crippen LogP contribution in [0.4, 0.5) is 5.95 Å². The number of carbonyl (C=O) groups excluding carboxylic acids is 1. The van der Waals surface area contributed by atoms with Gasteiger partial charge in [0.15, 0.2) is 0 Å². The summed E-state index contributed by atoms with van der Waals surface area (Å²) in [4.78, 5) is 32.6. The second kappa shape index (κ2) is 8.05. The second-order valence-corrected chi connectivity index (χ2v) is 7.38. The van der Waals surface area contributed by atoms with Crippen LogP contribution >= 0.6 is 11.6 Å². The molecule has 1 fully saturated rings. The average molecular weight is 410 g/mol. The maximum Gasteiger partial charge on any atom is 0.255 e. The van der Waals surface area contributed by atoms with E-state index in [1.165, 1.54) is 6.07 Å². The molecule has 1 aromatic carbocycles. The highest BCUT2D eigenvalue weighted by atomic mass is 35.5. The van der Waals surface area contributed by atoms with Crippen LogP contribution in [0, 0.1) is 5.92 Å². The van der Waals surface area contributed by atoms with Crippen LogP contribution in [-0.4, -0.2) is 33.5 Å². The first-order valence-electron chi connectivity index (χ1n) is 9.34. The molecule has 7 nitrogen and oxygen atoms in total. The summed E-state index contributed by atoms with van der Waals surface area (Å²) in [7, 11) is 1.65. The number of hydrogen-bond acceptors (Lipinski definition) is 5. The van der Waals surface area contributed by atoms with Gasteiger partial charge in [-0.25, -0.2) is 9.97 Å². The highest BCUT2D eigenvalue weighted by Crippen LogP contribution is 2.31. The van der Waals surface area contributed by atoms with Crippen LogP contribution in [0.25, 0.3) is 16.9 Å². The van der Waals surface area contributed by atoms with Crippen LogP contribution in [0.15, 0.2) is 59.7 Å². The summed E-state index contributed by atoms with van der Waals surface area (Å²) < 4.78 is 1.56. The second-order valence-electron chi connectivity index (χ2n) is 6.97. The third-order valence-corrected chi connectivity index (χ3v) is 5.33. The highest BCUT2D eigenvalue weighted by molar-refractivity contribution is 6.32. The quantitative estimate of drug-likeness (QED) is 0.676. The van der Waals surface area contributed by atoms with Gasteiger partial charge in [0, 0.05) is 42.5 Å². The summed E-state index contributed by atoms with van der Waals surface area (Å²) in [6.45, 7) is 0. The zero-order chi connectivity index (χ0) is 20.4. The number of nitrogens with one attached hydrogen (secondary N) is 2. The molecule has 0 aliphatic heterocycles. The van der Waals surface area contributed by atoms with Crippen molar-refractivity contribution in [1.29, 1.82) is 0 Å². The summed E-state index contributed by atoms with van der Waals surface area (Å²) in [5, 5.41) is 6.36. The number of benzene rings is 1. The highest BCUT2D eigenvalue weighted by Gasteiger charge is 2.34. The summed E-state index contributed by atoms with van der Waals surface area (Å²) in [6, 6.07) is 12.6. The van der Waals surface area contributed by atoms with Crippen LogP contribution in [0.3, 0.4) is 0 Å². The van der Waals surface area contributed by atoms with E-state index in [0.29, 0.717) is 16.7 Å². The third-order valence-electron chi connectivity index (χ3n) is 5.05. The Morgan fingerprint density at radius 3 is 2.79 bits per heavy atom. The standard InChI is InChI=1S/C21H20ClN5O2/c1-23-20(29)14-9-15(10-14)25-21-24-12-17(22)19(26-21)13-5-4-6-16(11-13)27-8-3-2-7-18(27)28/h2-8,11-12,14-15H,9-10H2,1H3,(H,23,29)(H,24,25,26). The molecule has 0 spiro atoms. The Hall–Kier alpha value is -3.19. The fourth-order valence-electron chi connectivity index (χ4n) is 3.42. The SMILES string of the molecule is CNC(=O)C1CC(Nc2ncc(Cl)c(-c3cccc(-n4ccccc4=O)c3)n2)C1. The molecule has 2 heterocycles. The van der Waals surface area contributed by atoms with Crippen molar-refractivity contribution < 1.29 is 4.79 Å². The van der Waals surface area contributed by atoms with Crippen molar-refractivity contribution in [3.05, 3.63) is 70.2 Å². The molecule has 0 unspecified atom stereocenters. The predicted molar refractivity (Wildman–Crippen MR) is 112 cm³/mol. The fraction of sp³-hybridized carbons (Fsp3) is 0.238. The topological polar surface area (TPSA) is 88.9 Å². The van der Waals surface area contributed by atoms with Crippen molar-refractivity contribution in [2.24, 2.45) is 5.92 Å². The molecule has 2 N–H and O–H groups in total. The lowest BCUT2D eigenvalue weighted by Crippen LogP contribution is -2.43. The van der Waals surface area contributed by atoms with Gasteiger partial charge in [0.2, 0.25) is 11.9 Å². The smallest absolute Gasteiger partial charge is 0.255 e. The van der Waals surface area contributed by atoms with E-state index in [2.05, 4.69) is 20.6 Å². The average Bonchev–Trinajstić information content (AvgIpc) is 2.71. The molecule has 148 valence electrons. The van der Waals surface area contributed by atoms with Crippen molar-refractivity contribution in [3.63, 3.8) is 0 Å². The largest absolute Gasteiger partial charge is 0.359 e. The number of aromatic nitrogens is 3. The van der Waals surface area contributed by atoms with E-state index in [4.69, 9.17) is 11.6 Å². The molecule has 0 bridgehead atoms. The monoisotopic (exact) mass is 409 g/mol. The van der Waals surface area contributed by atoms with E-state index >= 15 is 0 Å². The number of rotatable bonds is 5. The van der Waals surface area contributed by atoms with Crippen LogP contribution in [0.1, 0.15) is 12.8 Å². The number of hydrogen-bond donors (Lipinski definition) is 2. The predicted octanol–water partition coefficient (Wildman–Crippen LogP) is 2.88. The Balaban J connectivity index is 1.57. The minimum absolute atomic E-state index is 0.0325. The Kier molecular flexibility index (Phi) is 5.31. The molecule has 8 heteroatoms. The number of nitrogens with zero attached hydrogens (tertiary/aromatic N) is 3. The van der Waals surface area contributed by atoms with Crippen LogP contribution in [0.2, 0.25) is 5.02 Å². The van der Waals surface area contributed by atoms with Gasteiger partial charge in [-0.1, -0.05) is 29.8 Å². The Morgan fingerprint density at radius 1 is 1.21 bits per heavy atom. The molecule has 0 saturated heterocycles. The Labute approximate surface area is 172 Å². The van der Waals surface area contributed by atoms with Crippen molar-refractivity contribution >= 4 is 23.5 Å². The summed E-state index contributed by atoms with van der Waals surface area (Å²) in [5.41, 5.74) is 1.98. The summed E-state index contributed by atoms with van der Waals surface area (Å²) in [5.74, 6) is 0.561. The third kappa shape index (κ3) is 4.00. The molecule has 29 heavy (non-hydrogen) atoms. The molecular formula is C21H20ClN5O2. The van der Waals surface area contributed by atoms with E-state index in [-0.39, 0.29) is 23.4 Å². The van der Waals surface area contributed by atoms with Gasteiger partial charge in [-0.05, 0) is 31.0 Å². The van der Waals surface area contributed by atoms with Crippen molar-refractivity contribution in [2.45, 2.75) is 18.9 Å². The number of amides is 1. The van der Waals surface area contributed by atoms with Gasteiger partial charge < -0.3 is 10.6 Å². The van der Waals surface area contributed by atoms with Gasteiger partial charge in [-0.3, -0.25) is 14.2 Å². The number of halogens is 1. The number of carbonyl (C=O) groups is 1. The molecule has 0 radical (unpaired) electrons. The van der Waals surface area contributed by atoms with Gasteiger partial charge >= 0.3 is 0 Å². The molecule has 2 aromatic heterocycles. The van der Waals surface area contributed by atoms with E-state index in [9.17, 15) is 9.59 Å². The van der Waals surface area contributed by atoms with E-state index in [0.717, 1.165) is 24.1 Å². The lowest BCUT2D eigenvalue weighted by atomic mass is 9.80. The first-order valence-corrected chi connectivity index (χ1v) is 9.72. The molecule has 1 aliphatic carbocycles. The van der Waals surface area contributed by atoms with Gasteiger partial charge in [0.05, 0.1) is 16.9 Å². The molecule has 1 amide bonds. The van der Waals surface area contributed by atoms with E-state index in [1.807, 2.05) is 24.3 Å². The molecule has 0 atom stereocenters. The summed E-state index contributed by atoms with van der Waals surface area (Å²) >= 11 is 6.35. The van der Waals surface area contributed by atoms with Crippen LogP contribution in [-0.2, 0) is 4.79 Å². The van der Waals surface area contributed by atoms with Crippen LogP contribution in [0.5, 0.6) is 0 Å². The van der Waals surface area contributed by atoms with Gasteiger partial charge in [-0.15, -0.1) is 0 Å². The van der Waals surface area contributed by atoms with Gasteiger partial charge in [-0.2, -0.15) is 0 Å². The zero-order valence-electron chi connectivity index (χ0n) is 15.8. The van der Waals surface area contributed by atoms with Crippen LogP contribution < -0.4 is 16.2 Å². The molecular weight excluding hydrogens is 390 g/mol. The first kappa shape index (κ1) is 19.1. The first-order chi connectivity index (χ1) is 14.0. The lowest BCUT2D eigenvalue weighted by Gasteiger charge is -2.34. The van der Waals surface area contributed by atoms with Gasteiger partial charge in [0.25, 0.3) is 5.56 Å². The zero-order valence-corrected chi connectivity index (χ0v) is 16.6. The Morgan fingerprint density at radius 2 is 2.03 bits per heavy atom. The van der Waals surface area contributed by atoms with Crippen molar-refractivity contribution in [3.8, 4) is 16.9 Å². The van der Waals surface area contributed by atoms with E-state index in [1.54, 1.807) is 36.1 Å². The molecule has 1 saturated carbocycles. The maximum atomic E-state index is 12.1. The summed E-state index contributed by atoms with van der Waals surface area (Å²) in [6.07, 6.45) is 4.76. The minimum atomic E-state index is -0.114. The molecule has 4 rings (SSSR count).